The minimum absolute atomic E-state index is 0.184. The lowest BCUT2D eigenvalue weighted by Crippen LogP contribution is -2.19. The molecule has 3 nitrogen and oxygen atoms in total. The van der Waals surface area contributed by atoms with Gasteiger partial charge < -0.3 is 0 Å². The Kier molecular flexibility index (Phi) is 4.82. The third kappa shape index (κ3) is 4.53. The largest absolute Gasteiger partial charge is 0.273 e. The van der Waals surface area contributed by atoms with Crippen molar-refractivity contribution >= 4 is 12.1 Å². The Balaban J connectivity index is 1.89. The minimum Gasteiger partial charge on any atom is -0.273 e. The normalized spacial score (nSPS) is 10.8. The Morgan fingerprint density at radius 2 is 1.86 bits per heavy atom. The quantitative estimate of drug-likeness (QED) is 0.680. The van der Waals surface area contributed by atoms with E-state index >= 15 is 0 Å². The number of rotatable bonds is 4. The number of carbonyl (C=O) groups is 1. The molecule has 0 fully saturated rings. The van der Waals surface area contributed by atoms with Crippen LogP contribution in [0.3, 0.4) is 0 Å². The number of halogens is 1. The van der Waals surface area contributed by atoms with E-state index in [9.17, 15) is 9.18 Å². The molecule has 0 saturated heterocycles. The van der Waals surface area contributed by atoms with Crippen LogP contribution in [0.15, 0.2) is 47.6 Å². The summed E-state index contributed by atoms with van der Waals surface area (Å²) in [5.41, 5.74) is 6.51. The number of amides is 1. The predicted molar refractivity (Wildman–Crippen MR) is 81.8 cm³/mol. The van der Waals surface area contributed by atoms with Crippen molar-refractivity contribution in [3.63, 3.8) is 0 Å². The number of hydrogen-bond acceptors (Lipinski definition) is 2. The number of benzene rings is 2. The summed E-state index contributed by atoms with van der Waals surface area (Å²) in [5, 5.41) is 3.86. The molecule has 0 aromatic heterocycles. The van der Waals surface area contributed by atoms with Crippen molar-refractivity contribution in [2.75, 3.05) is 0 Å². The maximum Gasteiger partial charge on any atom is 0.244 e. The molecule has 2 rings (SSSR count). The summed E-state index contributed by atoms with van der Waals surface area (Å²) in [4.78, 5) is 11.8. The number of hydrazone groups is 1. The lowest BCUT2D eigenvalue weighted by Gasteiger charge is -2.04. The van der Waals surface area contributed by atoms with E-state index in [-0.39, 0.29) is 18.1 Å². The summed E-state index contributed by atoms with van der Waals surface area (Å²) >= 11 is 0. The molecule has 4 heteroatoms. The zero-order valence-electron chi connectivity index (χ0n) is 12.1. The van der Waals surface area contributed by atoms with E-state index in [1.807, 2.05) is 32.0 Å². The average Bonchev–Trinajstić information content (AvgIpc) is 2.45. The fraction of sp³-hybridized carbons (Fsp3) is 0.176. The molecule has 0 heterocycles. The molecule has 0 spiro atoms. The van der Waals surface area contributed by atoms with Crippen LogP contribution in [0.2, 0.25) is 0 Å². The first kappa shape index (κ1) is 14.9. The van der Waals surface area contributed by atoms with E-state index in [1.165, 1.54) is 23.9 Å². The summed E-state index contributed by atoms with van der Waals surface area (Å²) < 4.78 is 12.7. The summed E-state index contributed by atoms with van der Waals surface area (Å²) in [5.74, 6) is -0.484. The summed E-state index contributed by atoms with van der Waals surface area (Å²) in [6, 6.07) is 11.8. The second-order valence-corrected chi connectivity index (χ2v) is 4.94. The van der Waals surface area contributed by atoms with Gasteiger partial charge in [0.1, 0.15) is 5.82 Å². The standard InChI is InChI=1S/C17H17FN2O/c1-12-3-4-15(9-13(12)2)10-17(21)20-19-11-14-5-7-16(18)8-6-14/h3-9,11H,10H2,1-2H3,(H,20,21)/b19-11-. The third-order valence-electron chi connectivity index (χ3n) is 3.21. The zero-order valence-corrected chi connectivity index (χ0v) is 12.1. The van der Waals surface area contributed by atoms with E-state index in [0.29, 0.717) is 0 Å². The van der Waals surface area contributed by atoms with Gasteiger partial charge in [-0.15, -0.1) is 0 Å². The number of aryl methyl sites for hydroxylation is 2. The van der Waals surface area contributed by atoms with Crippen LogP contribution in [0.1, 0.15) is 22.3 Å². The van der Waals surface area contributed by atoms with Crippen LogP contribution in [-0.2, 0) is 11.2 Å². The first-order valence-corrected chi connectivity index (χ1v) is 6.68. The third-order valence-corrected chi connectivity index (χ3v) is 3.21. The smallest absolute Gasteiger partial charge is 0.244 e. The molecule has 2 aromatic rings. The molecule has 0 saturated carbocycles. The van der Waals surface area contributed by atoms with Crippen molar-refractivity contribution in [1.82, 2.24) is 5.43 Å². The van der Waals surface area contributed by atoms with Gasteiger partial charge in [0, 0.05) is 0 Å². The molecular formula is C17H17FN2O. The topological polar surface area (TPSA) is 41.5 Å². The molecule has 0 radical (unpaired) electrons. The molecular weight excluding hydrogens is 267 g/mol. The van der Waals surface area contributed by atoms with Crippen molar-refractivity contribution < 1.29 is 9.18 Å². The monoisotopic (exact) mass is 284 g/mol. The highest BCUT2D eigenvalue weighted by Gasteiger charge is 2.03. The number of carbonyl (C=O) groups excluding carboxylic acids is 1. The highest BCUT2D eigenvalue weighted by atomic mass is 19.1. The van der Waals surface area contributed by atoms with Gasteiger partial charge in [0.05, 0.1) is 12.6 Å². The Labute approximate surface area is 123 Å². The van der Waals surface area contributed by atoms with E-state index in [0.717, 1.165) is 16.7 Å². The Bertz CT molecular complexity index is 663. The van der Waals surface area contributed by atoms with Crippen LogP contribution in [0.4, 0.5) is 4.39 Å². The van der Waals surface area contributed by atoms with E-state index < -0.39 is 0 Å². The Morgan fingerprint density at radius 3 is 2.52 bits per heavy atom. The van der Waals surface area contributed by atoms with Gasteiger partial charge in [0.2, 0.25) is 5.91 Å². The zero-order chi connectivity index (χ0) is 15.2. The number of nitrogens with one attached hydrogen (secondary N) is 1. The molecule has 2 aromatic carbocycles. The van der Waals surface area contributed by atoms with Gasteiger partial charge in [-0.25, -0.2) is 9.82 Å². The molecule has 0 aliphatic heterocycles. The van der Waals surface area contributed by atoms with Crippen molar-refractivity contribution in [1.29, 1.82) is 0 Å². The van der Waals surface area contributed by atoms with Crippen LogP contribution in [0.25, 0.3) is 0 Å². The molecule has 0 bridgehead atoms. The fourth-order valence-corrected chi connectivity index (χ4v) is 1.87. The average molecular weight is 284 g/mol. The molecule has 108 valence electrons. The van der Waals surface area contributed by atoms with E-state index in [2.05, 4.69) is 10.5 Å². The van der Waals surface area contributed by atoms with Gasteiger partial charge in [-0.1, -0.05) is 30.3 Å². The number of hydrogen-bond donors (Lipinski definition) is 1. The molecule has 0 aliphatic rings. The van der Waals surface area contributed by atoms with E-state index in [1.54, 1.807) is 12.1 Å². The van der Waals surface area contributed by atoms with Crippen LogP contribution in [-0.4, -0.2) is 12.1 Å². The van der Waals surface area contributed by atoms with Crippen molar-refractivity contribution in [2.45, 2.75) is 20.3 Å². The molecule has 0 atom stereocenters. The van der Waals surface area contributed by atoms with Crippen LogP contribution < -0.4 is 5.43 Å². The van der Waals surface area contributed by atoms with Gasteiger partial charge in [-0.3, -0.25) is 4.79 Å². The Morgan fingerprint density at radius 1 is 1.14 bits per heavy atom. The Hall–Kier alpha value is -2.49. The summed E-state index contributed by atoms with van der Waals surface area (Å²) in [6.07, 6.45) is 1.76. The summed E-state index contributed by atoms with van der Waals surface area (Å²) in [6.45, 7) is 4.05. The van der Waals surface area contributed by atoms with Gasteiger partial charge in [0.25, 0.3) is 0 Å². The van der Waals surface area contributed by atoms with Crippen LogP contribution in [0, 0.1) is 19.7 Å². The molecule has 1 N–H and O–H groups in total. The first-order chi connectivity index (χ1) is 10.0. The first-order valence-electron chi connectivity index (χ1n) is 6.68. The van der Waals surface area contributed by atoms with Gasteiger partial charge in [-0.2, -0.15) is 5.10 Å². The molecule has 0 unspecified atom stereocenters. The van der Waals surface area contributed by atoms with Crippen molar-refractivity contribution in [3.8, 4) is 0 Å². The lowest BCUT2D eigenvalue weighted by molar-refractivity contribution is -0.120. The van der Waals surface area contributed by atoms with Gasteiger partial charge >= 0.3 is 0 Å². The second kappa shape index (κ2) is 6.79. The lowest BCUT2D eigenvalue weighted by atomic mass is 10.0. The highest BCUT2D eigenvalue weighted by Crippen LogP contribution is 2.10. The SMILES string of the molecule is Cc1ccc(CC(=O)N/N=C\c2ccc(F)cc2)cc1C. The van der Waals surface area contributed by atoms with Crippen molar-refractivity contribution in [3.05, 3.63) is 70.5 Å². The predicted octanol–water partition coefficient (Wildman–Crippen LogP) is 3.14. The van der Waals surface area contributed by atoms with Crippen LogP contribution in [0.5, 0.6) is 0 Å². The highest BCUT2D eigenvalue weighted by molar-refractivity contribution is 5.83. The minimum atomic E-state index is -0.300. The molecule has 0 aliphatic carbocycles. The van der Waals surface area contributed by atoms with Crippen molar-refractivity contribution in [2.24, 2.45) is 5.10 Å². The number of nitrogens with zero attached hydrogens (tertiary/aromatic N) is 1. The molecule has 1 amide bonds. The second-order valence-electron chi connectivity index (χ2n) is 4.94. The molecule has 21 heavy (non-hydrogen) atoms. The van der Waals surface area contributed by atoms with Crippen LogP contribution >= 0.6 is 0 Å². The van der Waals surface area contributed by atoms with E-state index in [4.69, 9.17) is 0 Å². The fourth-order valence-electron chi connectivity index (χ4n) is 1.87. The van der Waals surface area contributed by atoms with Gasteiger partial charge in [0.15, 0.2) is 0 Å². The van der Waals surface area contributed by atoms with Gasteiger partial charge in [-0.05, 0) is 48.2 Å². The maximum absolute atomic E-state index is 12.7. The summed E-state index contributed by atoms with van der Waals surface area (Å²) in [7, 11) is 0. The maximum atomic E-state index is 12.7.